The standard InChI is InChI=1S/C24H35ClO4/c1-16(2)24(6)13-7-8-19(15-24)28-22(27)20(14-21(26)29-23(3,4)5)17-9-11-18(25)12-10-17/h9-12,16,19-20H,7-8,13-15H2,1-6H3. The highest BCUT2D eigenvalue weighted by Gasteiger charge is 2.38. The predicted molar refractivity (Wildman–Crippen MR) is 116 cm³/mol. The Morgan fingerprint density at radius 1 is 1.21 bits per heavy atom. The molecule has 2 rings (SSSR count). The molecule has 1 aromatic rings. The first kappa shape index (κ1) is 23.7. The van der Waals surface area contributed by atoms with Gasteiger partial charge in [0.05, 0.1) is 12.3 Å². The van der Waals surface area contributed by atoms with Gasteiger partial charge >= 0.3 is 11.9 Å². The molecule has 29 heavy (non-hydrogen) atoms. The lowest BCUT2D eigenvalue weighted by Crippen LogP contribution is -2.36. The fraction of sp³-hybridized carbons (Fsp3) is 0.667. The summed E-state index contributed by atoms with van der Waals surface area (Å²) >= 11 is 6.00. The van der Waals surface area contributed by atoms with Crippen molar-refractivity contribution in [3.8, 4) is 0 Å². The quantitative estimate of drug-likeness (QED) is 0.504. The van der Waals surface area contributed by atoms with Gasteiger partial charge in [-0.1, -0.05) is 44.5 Å². The highest BCUT2D eigenvalue weighted by Crippen LogP contribution is 2.43. The Hall–Kier alpha value is -1.55. The summed E-state index contributed by atoms with van der Waals surface area (Å²) in [7, 11) is 0. The molecule has 3 atom stereocenters. The van der Waals surface area contributed by atoms with Gasteiger partial charge in [0, 0.05) is 5.02 Å². The van der Waals surface area contributed by atoms with Crippen LogP contribution >= 0.6 is 11.6 Å². The molecule has 0 amide bonds. The summed E-state index contributed by atoms with van der Waals surface area (Å²) in [5.41, 5.74) is 0.283. The maximum absolute atomic E-state index is 13.1. The van der Waals surface area contributed by atoms with E-state index in [9.17, 15) is 9.59 Å². The van der Waals surface area contributed by atoms with Crippen molar-refractivity contribution < 1.29 is 19.1 Å². The summed E-state index contributed by atoms with van der Waals surface area (Å²) in [6.07, 6.45) is 3.76. The number of rotatable bonds is 6. The van der Waals surface area contributed by atoms with Crippen LogP contribution in [-0.4, -0.2) is 23.6 Å². The molecular weight excluding hydrogens is 388 g/mol. The molecule has 0 N–H and O–H groups in total. The predicted octanol–water partition coefficient (Wildman–Crippen LogP) is 6.30. The molecule has 1 saturated carbocycles. The number of hydrogen-bond donors (Lipinski definition) is 0. The Morgan fingerprint density at radius 2 is 1.83 bits per heavy atom. The minimum Gasteiger partial charge on any atom is -0.462 e. The Kier molecular flexibility index (Phi) is 7.78. The van der Waals surface area contributed by atoms with Crippen molar-refractivity contribution >= 4 is 23.5 Å². The van der Waals surface area contributed by atoms with Crippen LogP contribution in [0.5, 0.6) is 0 Å². The summed E-state index contributed by atoms with van der Waals surface area (Å²) < 4.78 is 11.4. The Morgan fingerprint density at radius 3 is 2.38 bits per heavy atom. The third kappa shape index (κ3) is 7.02. The second-order valence-electron chi connectivity index (χ2n) is 9.86. The average molecular weight is 423 g/mol. The van der Waals surface area contributed by atoms with Gasteiger partial charge < -0.3 is 9.47 Å². The molecular formula is C24H35ClO4. The van der Waals surface area contributed by atoms with Crippen molar-refractivity contribution in [2.24, 2.45) is 11.3 Å². The van der Waals surface area contributed by atoms with Crippen LogP contribution in [0.25, 0.3) is 0 Å². The fourth-order valence-corrected chi connectivity index (χ4v) is 4.04. The normalized spacial score (nSPS) is 23.5. The van der Waals surface area contributed by atoms with Crippen molar-refractivity contribution in [1.29, 1.82) is 0 Å². The molecule has 3 unspecified atom stereocenters. The van der Waals surface area contributed by atoms with E-state index in [0.29, 0.717) is 16.5 Å². The lowest BCUT2D eigenvalue weighted by molar-refractivity contribution is -0.163. The third-order valence-electron chi connectivity index (χ3n) is 5.99. The molecule has 0 spiro atoms. The van der Waals surface area contributed by atoms with Crippen molar-refractivity contribution in [2.45, 2.75) is 91.3 Å². The summed E-state index contributed by atoms with van der Waals surface area (Å²) in [6.45, 7) is 12.2. The van der Waals surface area contributed by atoms with E-state index in [1.54, 1.807) is 24.3 Å². The maximum Gasteiger partial charge on any atom is 0.314 e. The Balaban J connectivity index is 2.16. The number of benzene rings is 1. The van der Waals surface area contributed by atoms with Gasteiger partial charge in [0.25, 0.3) is 0 Å². The number of hydrogen-bond acceptors (Lipinski definition) is 4. The summed E-state index contributed by atoms with van der Waals surface area (Å²) in [4.78, 5) is 25.6. The van der Waals surface area contributed by atoms with Gasteiger partial charge in [-0.3, -0.25) is 9.59 Å². The monoisotopic (exact) mass is 422 g/mol. The van der Waals surface area contributed by atoms with Crippen LogP contribution in [0.2, 0.25) is 5.02 Å². The lowest BCUT2D eigenvalue weighted by atomic mass is 9.67. The van der Waals surface area contributed by atoms with Gasteiger partial charge in [0.15, 0.2) is 0 Å². The van der Waals surface area contributed by atoms with Crippen LogP contribution in [0.1, 0.15) is 85.1 Å². The molecule has 1 fully saturated rings. The first-order valence-corrected chi connectivity index (χ1v) is 11.0. The molecule has 0 radical (unpaired) electrons. The van der Waals surface area contributed by atoms with Crippen LogP contribution in [0.15, 0.2) is 24.3 Å². The zero-order valence-electron chi connectivity index (χ0n) is 18.6. The molecule has 1 aromatic carbocycles. The van der Waals surface area contributed by atoms with Gasteiger partial charge in [-0.15, -0.1) is 0 Å². The van der Waals surface area contributed by atoms with E-state index >= 15 is 0 Å². The van der Waals surface area contributed by atoms with Gasteiger partial charge in [-0.25, -0.2) is 0 Å². The van der Waals surface area contributed by atoms with E-state index in [-0.39, 0.29) is 23.9 Å². The van der Waals surface area contributed by atoms with Crippen LogP contribution < -0.4 is 0 Å². The molecule has 0 saturated heterocycles. The molecule has 0 aromatic heterocycles. The topological polar surface area (TPSA) is 52.6 Å². The summed E-state index contributed by atoms with van der Waals surface area (Å²) in [5, 5.41) is 0.582. The largest absolute Gasteiger partial charge is 0.462 e. The molecule has 4 nitrogen and oxygen atoms in total. The van der Waals surface area contributed by atoms with Crippen molar-refractivity contribution in [2.75, 3.05) is 0 Å². The smallest absolute Gasteiger partial charge is 0.314 e. The number of carbonyl (C=O) groups is 2. The molecule has 162 valence electrons. The summed E-state index contributed by atoms with van der Waals surface area (Å²) in [6, 6.07) is 7.00. The van der Waals surface area contributed by atoms with E-state index < -0.39 is 17.5 Å². The number of esters is 2. The number of halogens is 1. The maximum atomic E-state index is 13.1. The SMILES string of the molecule is CC(C)C1(C)CCCC(OC(=O)C(CC(=O)OC(C)(C)C)c2ccc(Cl)cc2)C1. The molecule has 0 aliphatic heterocycles. The molecule has 0 heterocycles. The Labute approximate surface area is 180 Å². The van der Waals surface area contributed by atoms with Crippen LogP contribution in [0.4, 0.5) is 0 Å². The van der Waals surface area contributed by atoms with Crippen molar-refractivity contribution in [3.05, 3.63) is 34.9 Å². The van der Waals surface area contributed by atoms with Crippen LogP contribution in [-0.2, 0) is 19.1 Å². The van der Waals surface area contributed by atoms with E-state index in [1.165, 1.54) is 0 Å². The van der Waals surface area contributed by atoms with E-state index in [0.717, 1.165) is 25.7 Å². The molecule has 5 heteroatoms. The van der Waals surface area contributed by atoms with E-state index in [4.69, 9.17) is 21.1 Å². The number of carbonyl (C=O) groups excluding carboxylic acids is 2. The highest BCUT2D eigenvalue weighted by molar-refractivity contribution is 6.30. The Bertz CT molecular complexity index is 705. The minimum absolute atomic E-state index is 0.0497. The van der Waals surface area contributed by atoms with Crippen molar-refractivity contribution in [3.63, 3.8) is 0 Å². The molecule has 0 bridgehead atoms. The molecule has 1 aliphatic rings. The van der Waals surface area contributed by atoms with Crippen LogP contribution in [0, 0.1) is 11.3 Å². The van der Waals surface area contributed by atoms with Crippen LogP contribution in [0.3, 0.4) is 0 Å². The fourth-order valence-electron chi connectivity index (χ4n) is 3.91. The van der Waals surface area contributed by atoms with Gasteiger partial charge in [0.2, 0.25) is 0 Å². The first-order valence-electron chi connectivity index (χ1n) is 10.6. The van der Waals surface area contributed by atoms with Gasteiger partial charge in [0.1, 0.15) is 11.7 Å². The zero-order chi connectivity index (χ0) is 21.8. The number of ether oxygens (including phenoxy) is 2. The van der Waals surface area contributed by atoms with Gasteiger partial charge in [-0.2, -0.15) is 0 Å². The van der Waals surface area contributed by atoms with Crippen molar-refractivity contribution in [1.82, 2.24) is 0 Å². The minimum atomic E-state index is -0.700. The van der Waals surface area contributed by atoms with E-state index in [1.807, 2.05) is 20.8 Å². The third-order valence-corrected chi connectivity index (χ3v) is 6.24. The van der Waals surface area contributed by atoms with Gasteiger partial charge in [-0.05, 0) is 75.5 Å². The first-order chi connectivity index (χ1) is 13.4. The highest BCUT2D eigenvalue weighted by atomic mass is 35.5. The second-order valence-corrected chi connectivity index (χ2v) is 10.3. The average Bonchev–Trinajstić information content (AvgIpc) is 2.59. The molecule has 1 aliphatic carbocycles. The second kappa shape index (κ2) is 9.51. The summed E-state index contributed by atoms with van der Waals surface area (Å²) in [5.74, 6) is -0.951. The van der Waals surface area contributed by atoms with E-state index in [2.05, 4.69) is 20.8 Å². The zero-order valence-corrected chi connectivity index (χ0v) is 19.3. The lowest BCUT2D eigenvalue weighted by Gasteiger charge is -2.41.